The minimum atomic E-state index is 0.929. The fraction of sp³-hybridized carbons (Fsp3) is 0.400. The summed E-state index contributed by atoms with van der Waals surface area (Å²) in [5, 5.41) is 3.24. The average molecular weight is 256 g/mol. The van der Waals surface area contributed by atoms with E-state index in [-0.39, 0.29) is 0 Å². The lowest BCUT2D eigenvalue weighted by Gasteiger charge is -2.28. The number of benzene rings is 1. The Balaban J connectivity index is 1.72. The third-order valence-electron chi connectivity index (χ3n) is 3.70. The van der Waals surface area contributed by atoms with Crippen molar-refractivity contribution in [3.05, 3.63) is 53.6 Å². The summed E-state index contributed by atoms with van der Waals surface area (Å²) in [5.74, 6) is 1.18. The van der Waals surface area contributed by atoms with E-state index in [0.29, 0.717) is 0 Å². The van der Waals surface area contributed by atoms with Crippen LogP contribution in [0.4, 0.5) is 0 Å². The first-order valence-corrected chi connectivity index (χ1v) is 6.80. The lowest BCUT2D eigenvalue weighted by molar-refractivity contribution is 0.208. The van der Waals surface area contributed by atoms with Crippen LogP contribution < -0.4 is 5.32 Å². The molecule has 0 amide bonds. The van der Waals surface area contributed by atoms with Crippen molar-refractivity contribution in [3.8, 4) is 0 Å². The molecule has 2 heterocycles. The standard InChI is InChI=1S/C15H20N4/c1-16-10-13-4-2-3-5-14(13)11-18-8-9-19-7-6-17-15(19)12-18/h2-7,16H,8-12H2,1H3. The van der Waals surface area contributed by atoms with Crippen LogP contribution in [0.1, 0.15) is 17.0 Å². The highest BCUT2D eigenvalue weighted by molar-refractivity contribution is 5.27. The van der Waals surface area contributed by atoms with Crippen molar-refractivity contribution in [2.24, 2.45) is 0 Å². The molecule has 2 aromatic rings. The Bertz CT molecular complexity index is 547. The number of fused-ring (bicyclic) bond motifs is 1. The van der Waals surface area contributed by atoms with Crippen LogP contribution in [0.15, 0.2) is 36.7 Å². The second-order valence-corrected chi connectivity index (χ2v) is 5.05. The van der Waals surface area contributed by atoms with Crippen LogP contribution in [-0.4, -0.2) is 28.0 Å². The molecule has 0 fully saturated rings. The van der Waals surface area contributed by atoms with E-state index < -0.39 is 0 Å². The van der Waals surface area contributed by atoms with Crippen LogP contribution in [0.25, 0.3) is 0 Å². The predicted octanol–water partition coefficient (Wildman–Crippen LogP) is 1.62. The lowest BCUT2D eigenvalue weighted by Crippen LogP contribution is -2.33. The zero-order valence-electron chi connectivity index (χ0n) is 11.3. The van der Waals surface area contributed by atoms with Gasteiger partial charge < -0.3 is 9.88 Å². The van der Waals surface area contributed by atoms with E-state index in [1.54, 1.807) is 0 Å². The van der Waals surface area contributed by atoms with Crippen LogP contribution in [0, 0.1) is 0 Å². The van der Waals surface area contributed by atoms with Crippen LogP contribution in [0.2, 0.25) is 0 Å². The molecular formula is C15H20N4. The molecule has 100 valence electrons. The summed E-state index contributed by atoms with van der Waals surface area (Å²) in [6.45, 7) is 5.02. The average Bonchev–Trinajstić information content (AvgIpc) is 2.89. The summed E-state index contributed by atoms with van der Waals surface area (Å²) in [7, 11) is 1.99. The Morgan fingerprint density at radius 2 is 2.05 bits per heavy atom. The van der Waals surface area contributed by atoms with Gasteiger partial charge in [0.15, 0.2) is 0 Å². The Morgan fingerprint density at radius 1 is 1.21 bits per heavy atom. The van der Waals surface area contributed by atoms with Gasteiger partial charge in [-0.3, -0.25) is 4.90 Å². The number of nitrogens with zero attached hydrogens (tertiary/aromatic N) is 3. The van der Waals surface area contributed by atoms with Crippen molar-refractivity contribution in [3.63, 3.8) is 0 Å². The van der Waals surface area contributed by atoms with E-state index in [1.807, 2.05) is 13.2 Å². The summed E-state index contributed by atoms with van der Waals surface area (Å²) < 4.78 is 2.25. The van der Waals surface area contributed by atoms with Crippen molar-refractivity contribution in [2.75, 3.05) is 13.6 Å². The Hall–Kier alpha value is -1.65. The van der Waals surface area contributed by atoms with E-state index in [4.69, 9.17) is 0 Å². The maximum absolute atomic E-state index is 4.42. The maximum atomic E-state index is 4.42. The van der Waals surface area contributed by atoms with Gasteiger partial charge in [-0.2, -0.15) is 0 Å². The number of aromatic nitrogens is 2. The molecule has 1 aliphatic heterocycles. The molecule has 0 spiro atoms. The van der Waals surface area contributed by atoms with Crippen molar-refractivity contribution in [2.45, 2.75) is 26.2 Å². The molecule has 4 heteroatoms. The number of rotatable bonds is 4. The van der Waals surface area contributed by atoms with Gasteiger partial charge >= 0.3 is 0 Å². The monoisotopic (exact) mass is 256 g/mol. The third kappa shape index (κ3) is 2.69. The molecule has 0 aliphatic carbocycles. The normalized spacial score (nSPS) is 15.4. The van der Waals surface area contributed by atoms with Gasteiger partial charge in [0.2, 0.25) is 0 Å². The van der Waals surface area contributed by atoms with Gasteiger partial charge in [-0.05, 0) is 18.2 Å². The summed E-state index contributed by atoms with van der Waals surface area (Å²) in [4.78, 5) is 6.89. The van der Waals surface area contributed by atoms with E-state index in [1.165, 1.54) is 17.0 Å². The Morgan fingerprint density at radius 3 is 2.89 bits per heavy atom. The van der Waals surface area contributed by atoms with Crippen LogP contribution >= 0.6 is 0 Å². The molecule has 3 rings (SSSR count). The third-order valence-corrected chi connectivity index (χ3v) is 3.70. The summed E-state index contributed by atoms with van der Waals surface area (Å²) >= 11 is 0. The van der Waals surface area contributed by atoms with Crippen molar-refractivity contribution < 1.29 is 0 Å². The molecule has 0 atom stereocenters. The van der Waals surface area contributed by atoms with Gasteiger partial charge in [0.25, 0.3) is 0 Å². The molecule has 0 saturated carbocycles. The summed E-state index contributed by atoms with van der Waals surface area (Å²) in [6.07, 6.45) is 3.97. The molecular weight excluding hydrogens is 236 g/mol. The van der Waals surface area contributed by atoms with Gasteiger partial charge in [0.1, 0.15) is 5.82 Å². The van der Waals surface area contributed by atoms with Crippen LogP contribution in [0.5, 0.6) is 0 Å². The predicted molar refractivity (Wildman–Crippen MR) is 75.5 cm³/mol. The summed E-state index contributed by atoms with van der Waals surface area (Å²) in [6, 6.07) is 8.67. The molecule has 1 aromatic carbocycles. The molecule has 0 radical (unpaired) electrons. The quantitative estimate of drug-likeness (QED) is 0.902. The highest BCUT2D eigenvalue weighted by atomic mass is 15.2. The van der Waals surface area contributed by atoms with E-state index >= 15 is 0 Å². The topological polar surface area (TPSA) is 33.1 Å². The lowest BCUT2D eigenvalue weighted by atomic mass is 10.1. The van der Waals surface area contributed by atoms with Gasteiger partial charge in [-0.1, -0.05) is 24.3 Å². The Kier molecular flexibility index (Phi) is 3.62. The maximum Gasteiger partial charge on any atom is 0.122 e. The van der Waals surface area contributed by atoms with Gasteiger partial charge in [-0.25, -0.2) is 4.98 Å². The number of hydrogen-bond acceptors (Lipinski definition) is 3. The minimum absolute atomic E-state index is 0.929. The zero-order valence-corrected chi connectivity index (χ0v) is 11.3. The first-order chi connectivity index (χ1) is 9.36. The molecule has 1 aromatic heterocycles. The van der Waals surface area contributed by atoms with E-state index in [0.717, 1.165) is 32.7 Å². The minimum Gasteiger partial charge on any atom is -0.333 e. The largest absolute Gasteiger partial charge is 0.333 e. The van der Waals surface area contributed by atoms with Crippen LogP contribution in [0.3, 0.4) is 0 Å². The molecule has 4 nitrogen and oxygen atoms in total. The highest BCUT2D eigenvalue weighted by Crippen LogP contribution is 2.16. The summed E-state index contributed by atoms with van der Waals surface area (Å²) in [5.41, 5.74) is 2.80. The van der Waals surface area contributed by atoms with Gasteiger partial charge in [0.05, 0.1) is 6.54 Å². The second kappa shape index (κ2) is 5.55. The first-order valence-electron chi connectivity index (χ1n) is 6.80. The number of hydrogen-bond donors (Lipinski definition) is 1. The van der Waals surface area contributed by atoms with Crippen LogP contribution in [-0.2, 0) is 26.2 Å². The van der Waals surface area contributed by atoms with Crippen molar-refractivity contribution in [1.82, 2.24) is 19.8 Å². The Labute approximate surface area is 114 Å². The molecule has 1 N–H and O–H groups in total. The van der Waals surface area contributed by atoms with Crippen molar-refractivity contribution >= 4 is 0 Å². The number of imidazole rings is 1. The van der Waals surface area contributed by atoms with E-state index in [2.05, 4.69) is 50.2 Å². The SMILES string of the molecule is CNCc1ccccc1CN1CCn2ccnc2C1. The second-order valence-electron chi connectivity index (χ2n) is 5.05. The molecule has 1 aliphatic rings. The smallest absolute Gasteiger partial charge is 0.122 e. The fourth-order valence-electron chi connectivity index (χ4n) is 2.67. The first kappa shape index (κ1) is 12.4. The van der Waals surface area contributed by atoms with Crippen molar-refractivity contribution in [1.29, 1.82) is 0 Å². The molecule has 19 heavy (non-hydrogen) atoms. The molecule has 0 bridgehead atoms. The van der Waals surface area contributed by atoms with Gasteiger partial charge in [0, 0.05) is 38.6 Å². The molecule has 0 unspecified atom stereocenters. The number of nitrogens with one attached hydrogen (secondary N) is 1. The fourth-order valence-corrected chi connectivity index (χ4v) is 2.67. The molecule has 0 saturated heterocycles. The highest BCUT2D eigenvalue weighted by Gasteiger charge is 2.17. The van der Waals surface area contributed by atoms with Gasteiger partial charge in [-0.15, -0.1) is 0 Å². The van der Waals surface area contributed by atoms with E-state index in [9.17, 15) is 0 Å². The zero-order chi connectivity index (χ0) is 13.1.